The lowest BCUT2D eigenvalue weighted by Crippen LogP contribution is -2.22. The van der Waals surface area contributed by atoms with Crippen molar-refractivity contribution in [3.8, 4) is 5.75 Å². The van der Waals surface area contributed by atoms with Crippen molar-refractivity contribution in [1.82, 2.24) is 5.06 Å². The van der Waals surface area contributed by atoms with Crippen LogP contribution in [0.2, 0.25) is 0 Å². The molecule has 6 nitrogen and oxygen atoms in total. The number of unbranched alkanes of at least 4 members (excludes halogenated alkanes) is 2. The Morgan fingerprint density at radius 1 is 1.14 bits per heavy atom. The van der Waals surface area contributed by atoms with Gasteiger partial charge in [-0.2, -0.15) is 0 Å². The second-order valence-corrected chi connectivity index (χ2v) is 4.82. The number of hydroxylamine groups is 2. The van der Waals surface area contributed by atoms with Crippen molar-refractivity contribution in [1.29, 1.82) is 0 Å². The molecule has 0 saturated heterocycles. The predicted octanol–water partition coefficient (Wildman–Crippen LogP) is 2.65. The lowest BCUT2D eigenvalue weighted by Gasteiger charge is -2.09. The normalized spacial score (nSPS) is 10.1. The zero-order chi connectivity index (χ0) is 16.4. The summed E-state index contributed by atoms with van der Waals surface area (Å²) in [4.78, 5) is 22.6. The molecule has 1 rings (SSSR count). The first-order chi connectivity index (χ1) is 10.5. The van der Waals surface area contributed by atoms with Gasteiger partial charge in [0.25, 0.3) is 5.91 Å². The molecule has 1 amide bonds. The van der Waals surface area contributed by atoms with Crippen LogP contribution in [-0.2, 0) is 9.53 Å². The molecule has 1 aromatic carbocycles. The number of carbonyl (C=O) groups is 2. The van der Waals surface area contributed by atoms with Crippen LogP contribution in [-0.4, -0.2) is 42.4 Å². The molecule has 0 aromatic heterocycles. The molecule has 0 fully saturated rings. The fourth-order valence-electron chi connectivity index (χ4n) is 1.85. The van der Waals surface area contributed by atoms with Crippen molar-refractivity contribution < 1.29 is 24.3 Å². The number of hydrogen-bond acceptors (Lipinski definition) is 5. The molecular weight excluding hydrogens is 286 g/mol. The molecule has 22 heavy (non-hydrogen) atoms. The number of hydrogen-bond donors (Lipinski definition) is 1. The molecule has 6 heteroatoms. The molecule has 0 aliphatic carbocycles. The highest BCUT2D eigenvalue weighted by atomic mass is 16.5. The van der Waals surface area contributed by atoms with Crippen molar-refractivity contribution in [3.05, 3.63) is 29.8 Å². The van der Waals surface area contributed by atoms with Gasteiger partial charge in [0.1, 0.15) is 5.75 Å². The Morgan fingerprint density at radius 3 is 2.41 bits per heavy atom. The van der Waals surface area contributed by atoms with E-state index in [0.717, 1.165) is 19.3 Å². The standard InChI is InChI=1S/C16H23NO5/c1-3-21-15(18)7-5-4-6-12-22-14-10-8-13(9-11-14)16(19)17(2)20/h8-11,20H,3-7,12H2,1-2H3. The van der Waals surface area contributed by atoms with Crippen LogP contribution in [0.3, 0.4) is 0 Å². The smallest absolute Gasteiger partial charge is 0.305 e. The van der Waals surface area contributed by atoms with E-state index in [4.69, 9.17) is 14.7 Å². The van der Waals surface area contributed by atoms with E-state index >= 15 is 0 Å². The molecule has 122 valence electrons. The van der Waals surface area contributed by atoms with E-state index in [0.29, 0.717) is 36.0 Å². The van der Waals surface area contributed by atoms with Crippen molar-refractivity contribution in [2.45, 2.75) is 32.6 Å². The summed E-state index contributed by atoms with van der Waals surface area (Å²) in [6, 6.07) is 6.58. The number of carbonyl (C=O) groups excluding carboxylic acids is 2. The van der Waals surface area contributed by atoms with E-state index in [-0.39, 0.29) is 5.97 Å². The molecule has 0 radical (unpaired) electrons. The van der Waals surface area contributed by atoms with Crippen molar-refractivity contribution in [2.24, 2.45) is 0 Å². The second-order valence-electron chi connectivity index (χ2n) is 4.82. The van der Waals surface area contributed by atoms with Crippen LogP contribution in [0.5, 0.6) is 5.75 Å². The first-order valence-electron chi connectivity index (χ1n) is 7.40. The molecule has 0 saturated carbocycles. The summed E-state index contributed by atoms with van der Waals surface area (Å²) in [5.74, 6) is 0.0468. The summed E-state index contributed by atoms with van der Waals surface area (Å²) >= 11 is 0. The van der Waals surface area contributed by atoms with Gasteiger partial charge in [0.2, 0.25) is 0 Å². The average Bonchev–Trinajstić information content (AvgIpc) is 2.50. The monoisotopic (exact) mass is 309 g/mol. The van der Waals surface area contributed by atoms with E-state index in [1.165, 1.54) is 7.05 Å². The van der Waals surface area contributed by atoms with Crippen LogP contribution in [0.25, 0.3) is 0 Å². The van der Waals surface area contributed by atoms with Gasteiger partial charge in [0.05, 0.1) is 13.2 Å². The van der Waals surface area contributed by atoms with E-state index in [9.17, 15) is 9.59 Å². The maximum absolute atomic E-state index is 11.5. The van der Waals surface area contributed by atoms with Gasteiger partial charge < -0.3 is 9.47 Å². The molecule has 1 aromatic rings. The summed E-state index contributed by atoms with van der Waals surface area (Å²) in [5.41, 5.74) is 0.395. The third-order valence-electron chi connectivity index (χ3n) is 2.99. The van der Waals surface area contributed by atoms with Gasteiger partial charge in [-0.1, -0.05) is 0 Å². The number of ether oxygens (including phenoxy) is 2. The largest absolute Gasteiger partial charge is 0.494 e. The number of nitrogens with zero attached hydrogens (tertiary/aromatic N) is 1. The molecule has 0 aliphatic heterocycles. The fraction of sp³-hybridized carbons (Fsp3) is 0.500. The number of rotatable bonds is 9. The van der Waals surface area contributed by atoms with Crippen LogP contribution in [0, 0.1) is 0 Å². The van der Waals surface area contributed by atoms with Crippen LogP contribution < -0.4 is 4.74 Å². The summed E-state index contributed by atoms with van der Waals surface area (Å²) < 4.78 is 10.4. The summed E-state index contributed by atoms with van der Waals surface area (Å²) in [7, 11) is 1.28. The minimum Gasteiger partial charge on any atom is -0.494 e. The summed E-state index contributed by atoms with van der Waals surface area (Å²) in [6.07, 6.45) is 2.97. The van der Waals surface area contributed by atoms with Gasteiger partial charge in [-0.3, -0.25) is 14.8 Å². The third kappa shape index (κ3) is 6.58. The molecule has 0 bridgehead atoms. The van der Waals surface area contributed by atoms with Crippen LogP contribution in [0.4, 0.5) is 0 Å². The fourth-order valence-corrected chi connectivity index (χ4v) is 1.85. The van der Waals surface area contributed by atoms with E-state index in [1.54, 1.807) is 31.2 Å². The Balaban J connectivity index is 2.20. The Morgan fingerprint density at radius 2 is 1.82 bits per heavy atom. The second kappa shape index (κ2) is 9.78. The highest BCUT2D eigenvalue weighted by molar-refractivity contribution is 5.93. The van der Waals surface area contributed by atoms with Crippen LogP contribution >= 0.6 is 0 Å². The SMILES string of the molecule is CCOC(=O)CCCCCOc1ccc(C(=O)N(C)O)cc1. The Bertz CT molecular complexity index is 470. The Labute approximate surface area is 130 Å². The minimum absolute atomic E-state index is 0.155. The minimum atomic E-state index is -0.467. The van der Waals surface area contributed by atoms with Crippen molar-refractivity contribution >= 4 is 11.9 Å². The van der Waals surface area contributed by atoms with Crippen LogP contribution in [0.15, 0.2) is 24.3 Å². The quantitative estimate of drug-likeness (QED) is 0.328. The third-order valence-corrected chi connectivity index (χ3v) is 2.99. The van der Waals surface area contributed by atoms with Gasteiger partial charge in [0.15, 0.2) is 0 Å². The highest BCUT2D eigenvalue weighted by Gasteiger charge is 2.08. The number of benzene rings is 1. The molecular formula is C16H23NO5. The Kier molecular flexibility index (Phi) is 7.99. The predicted molar refractivity (Wildman–Crippen MR) is 80.9 cm³/mol. The molecule has 0 aliphatic rings. The van der Waals surface area contributed by atoms with E-state index in [2.05, 4.69) is 0 Å². The first kappa shape index (κ1) is 18.0. The Hall–Kier alpha value is -2.08. The van der Waals surface area contributed by atoms with Gasteiger partial charge >= 0.3 is 5.97 Å². The van der Waals surface area contributed by atoms with Gasteiger partial charge in [-0.25, -0.2) is 5.06 Å². The van der Waals surface area contributed by atoms with Crippen LogP contribution in [0.1, 0.15) is 43.0 Å². The van der Waals surface area contributed by atoms with Crippen molar-refractivity contribution in [2.75, 3.05) is 20.3 Å². The molecule has 0 atom stereocenters. The van der Waals surface area contributed by atoms with Gasteiger partial charge in [-0.15, -0.1) is 0 Å². The number of esters is 1. The maximum Gasteiger partial charge on any atom is 0.305 e. The van der Waals surface area contributed by atoms with E-state index < -0.39 is 5.91 Å². The van der Waals surface area contributed by atoms with E-state index in [1.807, 2.05) is 0 Å². The first-order valence-corrected chi connectivity index (χ1v) is 7.40. The van der Waals surface area contributed by atoms with Gasteiger partial charge in [-0.05, 0) is 50.5 Å². The zero-order valence-corrected chi connectivity index (χ0v) is 13.1. The highest BCUT2D eigenvalue weighted by Crippen LogP contribution is 2.14. The lowest BCUT2D eigenvalue weighted by molar-refractivity contribution is -0.143. The maximum atomic E-state index is 11.5. The summed E-state index contributed by atoms with van der Waals surface area (Å²) in [5, 5.41) is 9.60. The lowest BCUT2D eigenvalue weighted by atomic mass is 10.2. The average molecular weight is 309 g/mol. The molecule has 0 heterocycles. The topological polar surface area (TPSA) is 76.1 Å². The molecule has 1 N–H and O–H groups in total. The van der Waals surface area contributed by atoms with Crippen molar-refractivity contribution in [3.63, 3.8) is 0 Å². The molecule has 0 spiro atoms. The molecule has 0 unspecified atom stereocenters. The summed E-state index contributed by atoms with van der Waals surface area (Å²) in [6.45, 7) is 2.77. The zero-order valence-electron chi connectivity index (χ0n) is 13.1. The number of amides is 1. The van der Waals surface area contributed by atoms with Gasteiger partial charge in [0, 0.05) is 19.0 Å².